The summed E-state index contributed by atoms with van der Waals surface area (Å²) < 4.78 is 5.63. The summed E-state index contributed by atoms with van der Waals surface area (Å²) in [6.07, 6.45) is 6.44. The first-order valence-corrected chi connectivity index (χ1v) is 7.57. The van der Waals surface area contributed by atoms with Gasteiger partial charge in [0.15, 0.2) is 0 Å². The van der Waals surface area contributed by atoms with E-state index in [2.05, 4.69) is 31.0 Å². The van der Waals surface area contributed by atoms with E-state index in [4.69, 9.17) is 4.74 Å². The molecular formula is C15H32N2O. The number of nitrogens with one attached hydrogen (secondary N) is 1. The summed E-state index contributed by atoms with van der Waals surface area (Å²) in [5.41, 5.74) is 0.0947. The number of piperidine rings is 1. The number of ether oxygens (including phenoxy) is 1. The summed E-state index contributed by atoms with van der Waals surface area (Å²) in [7, 11) is 1.85. The molecule has 108 valence electrons. The van der Waals surface area contributed by atoms with Crippen LogP contribution in [0.15, 0.2) is 0 Å². The quantitative estimate of drug-likeness (QED) is 0.676. The average molecular weight is 256 g/mol. The fourth-order valence-electron chi connectivity index (χ4n) is 2.69. The summed E-state index contributed by atoms with van der Waals surface area (Å²) >= 11 is 0. The van der Waals surface area contributed by atoms with Crippen molar-refractivity contribution in [3.05, 3.63) is 0 Å². The Labute approximate surface area is 113 Å². The van der Waals surface area contributed by atoms with Crippen molar-refractivity contribution in [2.45, 2.75) is 64.5 Å². The van der Waals surface area contributed by atoms with E-state index >= 15 is 0 Å². The van der Waals surface area contributed by atoms with Crippen LogP contribution in [0.3, 0.4) is 0 Å². The predicted octanol–water partition coefficient (Wildman–Crippen LogP) is 2.66. The minimum Gasteiger partial charge on any atom is -0.377 e. The first-order valence-electron chi connectivity index (χ1n) is 7.57. The summed E-state index contributed by atoms with van der Waals surface area (Å²) in [5.74, 6) is 0. The van der Waals surface area contributed by atoms with Crippen molar-refractivity contribution in [3.63, 3.8) is 0 Å². The maximum atomic E-state index is 5.63. The molecule has 0 amide bonds. The van der Waals surface area contributed by atoms with Crippen LogP contribution in [0.25, 0.3) is 0 Å². The molecule has 1 aliphatic heterocycles. The van der Waals surface area contributed by atoms with Gasteiger partial charge in [-0.05, 0) is 52.2 Å². The Hall–Kier alpha value is -0.120. The van der Waals surface area contributed by atoms with Gasteiger partial charge in [0.05, 0.1) is 5.60 Å². The molecule has 1 atom stereocenters. The number of hydrogen-bond acceptors (Lipinski definition) is 3. The lowest BCUT2D eigenvalue weighted by atomic mass is 9.94. The van der Waals surface area contributed by atoms with Gasteiger partial charge in [0, 0.05) is 19.7 Å². The molecular weight excluding hydrogens is 224 g/mol. The Morgan fingerprint density at radius 1 is 1.28 bits per heavy atom. The van der Waals surface area contributed by atoms with Gasteiger partial charge in [-0.15, -0.1) is 0 Å². The maximum Gasteiger partial charge on any atom is 0.0777 e. The van der Waals surface area contributed by atoms with Crippen LogP contribution in [-0.2, 0) is 4.74 Å². The van der Waals surface area contributed by atoms with Gasteiger partial charge in [0.2, 0.25) is 0 Å². The predicted molar refractivity (Wildman–Crippen MR) is 78.1 cm³/mol. The number of rotatable bonds is 8. The fraction of sp³-hybridized carbons (Fsp3) is 1.00. The summed E-state index contributed by atoms with van der Waals surface area (Å²) in [6, 6.07) is 0.620. The third-order valence-electron chi connectivity index (χ3n) is 3.93. The number of methoxy groups -OCH3 is 1. The normalized spacial score (nSPS) is 25.8. The highest BCUT2D eigenvalue weighted by atomic mass is 16.5. The zero-order valence-corrected chi connectivity index (χ0v) is 12.8. The highest BCUT2D eigenvalue weighted by Gasteiger charge is 2.30. The van der Waals surface area contributed by atoms with Crippen LogP contribution < -0.4 is 5.32 Å². The van der Waals surface area contributed by atoms with Gasteiger partial charge < -0.3 is 15.0 Å². The SMILES string of the molecule is COC1(C)CCCN(CCCCCNC(C)C)C1. The lowest BCUT2D eigenvalue weighted by molar-refractivity contribution is -0.0508. The lowest BCUT2D eigenvalue weighted by Crippen LogP contribution is -2.47. The van der Waals surface area contributed by atoms with Crippen LogP contribution in [0.1, 0.15) is 52.9 Å². The molecule has 1 aliphatic rings. The molecule has 0 spiro atoms. The molecule has 1 saturated heterocycles. The molecule has 3 nitrogen and oxygen atoms in total. The van der Waals surface area contributed by atoms with Gasteiger partial charge >= 0.3 is 0 Å². The zero-order chi connectivity index (χ0) is 13.4. The molecule has 0 radical (unpaired) electrons. The standard InChI is InChI=1S/C15H32N2O/c1-14(2)16-10-6-5-7-11-17-12-8-9-15(3,13-17)18-4/h14,16H,5-13H2,1-4H3. The Morgan fingerprint density at radius 3 is 2.72 bits per heavy atom. The molecule has 0 saturated carbocycles. The van der Waals surface area contributed by atoms with Gasteiger partial charge in [-0.3, -0.25) is 0 Å². The van der Waals surface area contributed by atoms with Crippen LogP contribution in [-0.4, -0.2) is 49.8 Å². The fourth-order valence-corrected chi connectivity index (χ4v) is 2.69. The van der Waals surface area contributed by atoms with E-state index < -0.39 is 0 Å². The molecule has 0 aromatic heterocycles. The van der Waals surface area contributed by atoms with Crippen LogP contribution in [0.2, 0.25) is 0 Å². The molecule has 1 unspecified atom stereocenters. The Kier molecular flexibility index (Phi) is 7.20. The van der Waals surface area contributed by atoms with Crippen molar-refractivity contribution in [1.82, 2.24) is 10.2 Å². The molecule has 1 fully saturated rings. The first-order chi connectivity index (χ1) is 8.56. The van der Waals surface area contributed by atoms with Crippen molar-refractivity contribution >= 4 is 0 Å². The Morgan fingerprint density at radius 2 is 2.06 bits per heavy atom. The third-order valence-corrected chi connectivity index (χ3v) is 3.93. The van der Waals surface area contributed by atoms with Gasteiger partial charge in [-0.25, -0.2) is 0 Å². The lowest BCUT2D eigenvalue weighted by Gasteiger charge is -2.39. The molecule has 0 aromatic carbocycles. The van der Waals surface area contributed by atoms with Crippen molar-refractivity contribution in [1.29, 1.82) is 0 Å². The Bertz CT molecular complexity index is 221. The van der Waals surface area contributed by atoms with Crippen LogP contribution in [0.5, 0.6) is 0 Å². The van der Waals surface area contributed by atoms with Crippen molar-refractivity contribution in [3.8, 4) is 0 Å². The van der Waals surface area contributed by atoms with E-state index in [1.165, 1.54) is 45.2 Å². The second-order valence-corrected chi connectivity index (χ2v) is 6.20. The Balaban J connectivity index is 2.05. The van der Waals surface area contributed by atoms with Gasteiger partial charge in [0.1, 0.15) is 0 Å². The smallest absolute Gasteiger partial charge is 0.0777 e. The number of likely N-dealkylation sites (tertiary alicyclic amines) is 1. The van der Waals surface area contributed by atoms with Gasteiger partial charge in [-0.2, -0.15) is 0 Å². The van der Waals surface area contributed by atoms with E-state index in [0.717, 1.165) is 13.1 Å². The topological polar surface area (TPSA) is 24.5 Å². The molecule has 3 heteroatoms. The highest BCUT2D eigenvalue weighted by molar-refractivity contribution is 4.84. The summed E-state index contributed by atoms with van der Waals surface area (Å²) in [6.45, 7) is 11.4. The number of unbranched alkanes of at least 4 members (excludes halogenated alkanes) is 2. The monoisotopic (exact) mass is 256 g/mol. The van der Waals surface area contributed by atoms with Gasteiger partial charge in [-0.1, -0.05) is 20.3 Å². The summed E-state index contributed by atoms with van der Waals surface area (Å²) in [5, 5.41) is 3.47. The van der Waals surface area contributed by atoms with Crippen LogP contribution in [0.4, 0.5) is 0 Å². The largest absolute Gasteiger partial charge is 0.377 e. The van der Waals surface area contributed by atoms with E-state index in [1.807, 2.05) is 7.11 Å². The second-order valence-electron chi connectivity index (χ2n) is 6.20. The molecule has 1 heterocycles. The van der Waals surface area contributed by atoms with E-state index in [9.17, 15) is 0 Å². The third kappa shape index (κ3) is 6.17. The zero-order valence-electron chi connectivity index (χ0n) is 12.8. The van der Waals surface area contributed by atoms with Crippen molar-refractivity contribution in [2.24, 2.45) is 0 Å². The van der Waals surface area contributed by atoms with E-state index in [-0.39, 0.29) is 5.60 Å². The first kappa shape index (κ1) is 15.9. The van der Waals surface area contributed by atoms with Crippen molar-refractivity contribution in [2.75, 3.05) is 33.3 Å². The average Bonchev–Trinajstić information content (AvgIpc) is 2.33. The molecule has 0 aliphatic carbocycles. The van der Waals surface area contributed by atoms with Crippen LogP contribution in [0, 0.1) is 0 Å². The highest BCUT2D eigenvalue weighted by Crippen LogP contribution is 2.23. The second kappa shape index (κ2) is 8.13. The molecule has 18 heavy (non-hydrogen) atoms. The summed E-state index contributed by atoms with van der Waals surface area (Å²) in [4.78, 5) is 2.57. The molecule has 1 rings (SSSR count). The minimum atomic E-state index is 0.0947. The minimum absolute atomic E-state index is 0.0947. The van der Waals surface area contributed by atoms with Crippen molar-refractivity contribution < 1.29 is 4.74 Å². The van der Waals surface area contributed by atoms with Gasteiger partial charge in [0.25, 0.3) is 0 Å². The molecule has 0 bridgehead atoms. The van der Waals surface area contributed by atoms with E-state index in [1.54, 1.807) is 0 Å². The maximum absolute atomic E-state index is 5.63. The molecule has 0 aromatic rings. The molecule has 1 N–H and O–H groups in total. The van der Waals surface area contributed by atoms with Crippen LogP contribution >= 0.6 is 0 Å². The number of nitrogens with zero attached hydrogens (tertiary/aromatic N) is 1. The number of hydrogen-bond donors (Lipinski definition) is 1. The van der Waals surface area contributed by atoms with E-state index in [0.29, 0.717) is 6.04 Å².